The maximum atomic E-state index is 5.39. The van der Waals surface area contributed by atoms with Crippen LogP contribution in [0.5, 0.6) is 0 Å². The van der Waals surface area contributed by atoms with E-state index >= 15 is 0 Å². The predicted molar refractivity (Wildman–Crippen MR) is 96.3 cm³/mol. The summed E-state index contributed by atoms with van der Waals surface area (Å²) in [6.45, 7) is 11.0. The highest BCUT2D eigenvalue weighted by Crippen LogP contribution is 2.07. The number of rotatable bonds is 7. The summed E-state index contributed by atoms with van der Waals surface area (Å²) >= 11 is 1.70. The third-order valence-corrected chi connectivity index (χ3v) is 4.68. The van der Waals surface area contributed by atoms with Crippen LogP contribution in [0.2, 0.25) is 0 Å². The Kier molecular flexibility index (Phi) is 7.78. The van der Waals surface area contributed by atoms with Gasteiger partial charge in [-0.3, -0.25) is 9.89 Å². The Morgan fingerprint density at radius 1 is 1.43 bits per heavy atom. The lowest BCUT2D eigenvalue weighted by Gasteiger charge is -2.29. The molecule has 2 rings (SSSR count). The second-order valence-electron chi connectivity index (χ2n) is 6.01. The molecular formula is C16H29N5OS. The number of nitrogens with one attached hydrogen (secondary N) is 2. The first-order valence-corrected chi connectivity index (χ1v) is 9.21. The molecule has 0 spiro atoms. The lowest BCUT2D eigenvalue weighted by Crippen LogP contribution is -2.44. The zero-order valence-corrected chi connectivity index (χ0v) is 15.3. The number of nitrogens with zero attached hydrogens (tertiary/aromatic N) is 3. The van der Waals surface area contributed by atoms with Crippen molar-refractivity contribution in [1.82, 2.24) is 20.5 Å². The Morgan fingerprint density at radius 2 is 2.22 bits per heavy atom. The van der Waals surface area contributed by atoms with Gasteiger partial charge < -0.3 is 15.4 Å². The van der Waals surface area contributed by atoms with Crippen LogP contribution >= 0.6 is 11.3 Å². The van der Waals surface area contributed by atoms with Crippen LogP contribution in [0.1, 0.15) is 17.6 Å². The second kappa shape index (κ2) is 9.85. The van der Waals surface area contributed by atoms with Gasteiger partial charge in [-0.25, -0.2) is 4.98 Å². The smallest absolute Gasteiger partial charge is 0.190 e. The molecule has 2 heterocycles. The lowest BCUT2D eigenvalue weighted by molar-refractivity contribution is 0.0320. The van der Waals surface area contributed by atoms with Crippen molar-refractivity contribution in [2.75, 3.05) is 53.0 Å². The normalized spacial score (nSPS) is 18.0. The first kappa shape index (κ1) is 18.2. The molecule has 7 heteroatoms. The van der Waals surface area contributed by atoms with Gasteiger partial charge in [-0.05, 0) is 12.8 Å². The quantitative estimate of drug-likeness (QED) is 0.576. The second-order valence-corrected chi connectivity index (χ2v) is 7.07. The molecule has 1 atom stereocenters. The first-order chi connectivity index (χ1) is 11.2. The molecule has 23 heavy (non-hydrogen) atoms. The third kappa shape index (κ3) is 6.85. The van der Waals surface area contributed by atoms with Crippen molar-refractivity contribution in [3.63, 3.8) is 0 Å². The van der Waals surface area contributed by atoms with Gasteiger partial charge >= 0.3 is 0 Å². The van der Waals surface area contributed by atoms with E-state index in [4.69, 9.17) is 4.74 Å². The Hall–Kier alpha value is -1.18. The molecule has 0 bridgehead atoms. The van der Waals surface area contributed by atoms with Crippen LogP contribution in [0.4, 0.5) is 0 Å². The van der Waals surface area contributed by atoms with Gasteiger partial charge in [0.15, 0.2) is 5.96 Å². The average molecular weight is 340 g/mol. The van der Waals surface area contributed by atoms with Crippen molar-refractivity contribution in [2.24, 2.45) is 10.9 Å². The van der Waals surface area contributed by atoms with Gasteiger partial charge in [-0.2, -0.15) is 0 Å². The third-order valence-electron chi connectivity index (χ3n) is 3.86. The molecule has 1 aliphatic heterocycles. The van der Waals surface area contributed by atoms with Crippen LogP contribution < -0.4 is 10.6 Å². The fraction of sp³-hybridized carbons (Fsp3) is 0.750. The monoisotopic (exact) mass is 339 g/mol. The highest BCUT2D eigenvalue weighted by Gasteiger charge is 2.13. The van der Waals surface area contributed by atoms with Crippen molar-refractivity contribution in [2.45, 2.75) is 20.3 Å². The predicted octanol–water partition coefficient (Wildman–Crippen LogP) is 1.13. The number of ether oxygens (including phenoxy) is 1. The Bertz CT molecular complexity index is 485. The summed E-state index contributed by atoms with van der Waals surface area (Å²) in [5, 5.41) is 10.0. The van der Waals surface area contributed by atoms with Crippen LogP contribution in [0.3, 0.4) is 0 Å². The minimum absolute atomic E-state index is 0.577. The number of aromatic nitrogens is 1. The van der Waals surface area contributed by atoms with Gasteiger partial charge in [-0.1, -0.05) is 6.92 Å². The van der Waals surface area contributed by atoms with Crippen molar-refractivity contribution in [3.8, 4) is 0 Å². The van der Waals surface area contributed by atoms with Gasteiger partial charge in [0, 0.05) is 51.6 Å². The fourth-order valence-corrected chi connectivity index (χ4v) is 3.26. The number of morpholine rings is 1. The van der Waals surface area contributed by atoms with Gasteiger partial charge in [-0.15, -0.1) is 11.3 Å². The van der Waals surface area contributed by atoms with Crippen LogP contribution in [0.15, 0.2) is 10.4 Å². The molecule has 1 fully saturated rings. The number of hydrogen-bond donors (Lipinski definition) is 2. The molecule has 0 radical (unpaired) electrons. The van der Waals surface area contributed by atoms with Crippen molar-refractivity contribution in [1.29, 1.82) is 0 Å². The molecular weight excluding hydrogens is 310 g/mol. The standard InChI is InChI=1S/C16H29N5OS/c1-13(11-21-6-8-22-9-7-21)10-19-16(17-3)18-5-4-15-12-23-14(2)20-15/h12-13H,4-11H2,1-3H3,(H2,17,18,19). The largest absolute Gasteiger partial charge is 0.379 e. The van der Waals surface area contributed by atoms with E-state index in [-0.39, 0.29) is 0 Å². The Labute approximate surface area is 143 Å². The number of thiazole rings is 1. The van der Waals surface area contributed by atoms with Gasteiger partial charge in [0.05, 0.1) is 23.9 Å². The van der Waals surface area contributed by atoms with Gasteiger partial charge in [0.1, 0.15) is 0 Å². The number of guanidine groups is 1. The number of hydrogen-bond acceptors (Lipinski definition) is 5. The molecule has 2 N–H and O–H groups in total. The molecule has 0 saturated carbocycles. The Morgan fingerprint density at radius 3 is 2.87 bits per heavy atom. The van der Waals surface area contributed by atoms with E-state index in [1.807, 2.05) is 14.0 Å². The van der Waals surface area contributed by atoms with Gasteiger partial charge in [0.2, 0.25) is 0 Å². The summed E-state index contributed by atoms with van der Waals surface area (Å²) in [6.07, 6.45) is 0.925. The highest BCUT2D eigenvalue weighted by atomic mass is 32.1. The maximum absolute atomic E-state index is 5.39. The van der Waals surface area contributed by atoms with Crippen molar-refractivity contribution >= 4 is 17.3 Å². The lowest BCUT2D eigenvalue weighted by atomic mass is 10.1. The van der Waals surface area contributed by atoms with Crippen LogP contribution in [-0.2, 0) is 11.2 Å². The van der Waals surface area contributed by atoms with Crippen molar-refractivity contribution < 1.29 is 4.74 Å². The molecule has 0 amide bonds. The van der Waals surface area contributed by atoms with E-state index in [0.29, 0.717) is 5.92 Å². The van der Waals surface area contributed by atoms with Gasteiger partial charge in [0.25, 0.3) is 0 Å². The molecule has 1 unspecified atom stereocenters. The Balaban J connectivity index is 1.61. The molecule has 1 saturated heterocycles. The summed E-state index contributed by atoms with van der Waals surface area (Å²) < 4.78 is 5.39. The van der Waals surface area contributed by atoms with Crippen LogP contribution in [-0.4, -0.2) is 68.8 Å². The summed E-state index contributed by atoms with van der Waals surface area (Å²) in [7, 11) is 1.81. The highest BCUT2D eigenvalue weighted by molar-refractivity contribution is 7.09. The SMILES string of the molecule is CN=C(NCCc1csc(C)n1)NCC(C)CN1CCOCC1. The summed E-state index contributed by atoms with van der Waals surface area (Å²) in [5.74, 6) is 1.44. The zero-order valence-electron chi connectivity index (χ0n) is 14.5. The molecule has 1 aliphatic rings. The summed E-state index contributed by atoms with van der Waals surface area (Å²) in [6, 6.07) is 0. The molecule has 130 valence electrons. The van der Waals surface area contributed by atoms with E-state index in [2.05, 4.69) is 37.8 Å². The fourth-order valence-electron chi connectivity index (χ4n) is 2.61. The van der Waals surface area contributed by atoms with E-state index in [9.17, 15) is 0 Å². The molecule has 1 aromatic rings. The summed E-state index contributed by atoms with van der Waals surface area (Å²) in [4.78, 5) is 11.2. The first-order valence-electron chi connectivity index (χ1n) is 8.33. The van der Waals surface area contributed by atoms with Crippen molar-refractivity contribution in [3.05, 3.63) is 16.1 Å². The maximum Gasteiger partial charge on any atom is 0.190 e. The van der Waals surface area contributed by atoms with Crippen LogP contribution in [0.25, 0.3) is 0 Å². The minimum Gasteiger partial charge on any atom is -0.379 e. The number of aliphatic imine (C=N–C) groups is 1. The zero-order chi connectivity index (χ0) is 16.5. The molecule has 1 aromatic heterocycles. The van der Waals surface area contributed by atoms with E-state index < -0.39 is 0 Å². The van der Waals surface area contributed by atoms with E-state index in [1.165, 1.54) is 0 Å². The van der Waals surface area contributed by atoms with E-state index in [1.54, 1.807) is 11.3 Å². The van der Waals surface area contributed by atoms with Crippen LogP contribution in [0, 0.1) is 12.8 Å². The van der Waals surface area contributed by atoms with E-state index in [0.717, 1.165) is 69.0 Å². The number of aryl methyl sites for hydroxylation is 1. The molecule has 0 aliphatic carbocycles. The summed E-state index contributed by atoms with van der Waals surface area (Å²) in [5.41, 5.74) is 1.15. The topological polar surface area (TPSA) is 61.8 Å². The average Bonchev–Trinajstić information content (AvgIpc) is 2.97. The minimum atomic E-state index is 0.577. The molecule has 6 nitrogen and oxygen atoms in total. The molecule has 0 aromatic carbocycles.